The highest BCUT2D eigenvalue weighted by molar-refractivity contribution is 9.11. The fourth-order valence-corrected chi connectivity index (χ4v) is 3.65. The van der Waals surface area contributed by atoms with E-state index in [0.717, 1.165) is 36.5 Å². The lowest BCUT2D eigenvalue weighted by atomic mass is 10.1. The van der Waals surface area contributed by atoms with Gasteiger partial charge in [-0.3, -0.25) is 4.79 Å². The van der Waals surface area contributed by atoms with Crippen LogP contribution in [0.2, 0.25) is 0 Å². The SMILES string of the molecule is O=C1COc2ccc(CNCCc3ccc(Br)s3)cc2N1. The molecule has 2 aromatic rings. The summed E-state index contributed by atoms with van der Waals surface area (Å²) < 4.78 is 6.51. The van der Waals surface area contributed by atoms with Gasteiger partial charge in [-0.2, -0.15) is 0 Å². The van der Waals surface area contributed by atoms with Gasteiger partial charge in [0.2, 0.25) is 0 Å². The van der Waals surface area contributed by atoms with Crippen molar-refractivity contribution >= 4 is 38.9 Å². The minimum atomic E-state index is -0.101. The number of fused-ring (bicyclic) bond motifs is 1. The number of hydrogen-bond donors (Lipinski definition) is 2. The van der Waals surface area contributed by atoms with E-state index >= 15 is 0 Å². The number of carbonyl (C=O) groups is 1. The molecule has 2 heterocycles. The lowest BCUT2D eigenvalue weighted by molar-refractivity contribution is -0.118. The van der Waals surface area contributed by atoms with E-state index in [4.69, 9.17) is 4.74 Å². The van der Waals surface area contributed by atoms with Crippen molar-refractivity contribution < 1.29 is 9.53 Å². The molecule has 2 N–H and O–H groups in total. The second-order valence-corrected chi connectivity index (χ2v) is 7.35. The molecular formula is C15H15BrN2O2S. The van der Waals surface area contributed by atoms with Gasteiger partial charge in [-0.05, 0) is 52.2 Å². The average molecular weight is 367 g/mol. The van der Waals surface area contributed by atoms with Gasteiger partial charge in [0, 0.05) is 18.0 Å². The number of anilines is 1. The molecule has 0 saturated heterocycles. The highest BCUT2D eigenvalue weighted by atomic mass is 79.9. The molecule has 0 bridgehead atoms. The second-order valence-electron chi connectivity index (χ2n) is 4.80. The lowest BCUT2D eigenvalue weighted by Gasteiger charge is -2.18. The Bertz CT molecular complexity index is 657. The van der Waals surface area contributed by atoms with Gasteiger partial charge in [0.25, 0.3) is 5.91 Å². The Morgan fingerprint density at radius 1 is 1.33 bits per heavy atom. The summed E-state index contributed by atoms with van der Waals surface area (Å²) in [6, 6.07) is 10.1. The van der Waals surface area contributed by atoms with E-state index in [1.54, 1.807) is 11.3 Å². The largest absolute Gasteiger partial charge is 0.482 e. The topological polar surface area (TPSA) is 50.4 Å². The lowest BCUT2D eigenvalue weighted by Crippen LogP contribution is -2.25. The fraction of sp³-hybridized carbons (Fsp3) is 0.267. The van der Waals surface area contributed by atoms with E-state index in [9.17, 15) is 4.79 Å². The molecule has 0 atom stereocenters. The predicted molar refractivity (Wildman–Crippen MR) is 88.0 cm³/mol. The first-order valence-electron chi connectivity index (χ1n) is 6.71. The summed E-state index contributed by atoms with van der Waals surface area (Å²) >= 11 is 5.23. The molecule has 21 heavy (non-hydrogen) atoms. The average Bonchev–Trinajstić information content (AvgIpc) is 2.89. The van der Waals surface area contributed by atoms with E-state index in [0.29, 0.717) is 0 Å². The zero-order valence-corrected chi connectivity index (χ0v) is 13.7. The quantitative estimate of drug-likeness (QED) is 0.799. The van der Waals surface area contributed by atoms with Crippen LogP contribution in [0.1, 0.15) is 10.4 Å². The van der Waals surface area contributed by atoms with E-state index in [-0.39, 0.29) is 12.5 Å². The van der Waals surface area contributed by atoms with Crippen molar-refractivity contribution in [2.45, 2.75) is 13.0 Å². The number of thiophene rings is 1. The van der Waals surface area contributed by atoms with Crippen molar-refractivity contribution in [3.8, 4) is 5.75 Å². The van der Waals surface area contributed by atoms with Crippen molar-refractivity contribution in [3.05, 3.63) is 44.6 Å². The van der Waals surface area contributed by atoms with Crippen molar-refractivity contribution in [3.63, 3.8) is 0 Å². The van der Waals surface area contributed by atoms with Crippen LogP contribution in [-0.2, 0) is 17.8 Å². The first-order valence-corrected chi connectivity index (χ1v) is 8.32. The molecule has 3 rings (SSSR count). The number of nitrogens with one attached hydrogen (secondary N) is 2. The number of benzene rings is 1. The molecule has 1 aromatic heterocycles. The summed E-state index contributed by atoms with van der Waals surface area (Å²) in [6.07, 6.45) is 1.01. The molecule has 1 aliphatic rings. The Kier molecular flexibility index (Phi) is 4.57. The highest BCUT2D eigenvalue weighted by Crippen LogP contribution is 2.28. The van der Waals surface area contributed by atoms with E-state index in [1.165, 1.54) is 8.66 Å². The molecule has 0 saturated carbocycles. The maximum absolute atomic E-state index is 11.3. The van der Waals surface area contributed by atoms with Gasteiger partial charge in [-0.15, -0.1) is 11.3 Å². The maximum atomic E-state index is 11.3. The third-order valence-corrected chi connectivity index (χ3v) is 4.87. The Balaban J connectivity index is 1.51. The summed E-state index contributed by atoms with van der Waals surface area (Å²) in [4.78, 5) is 12.7. The van der Waals surface area contributed by atoms with Crippen LogP contribution in [-0.4, -0.2) is 19.1 Å². The zero-order valence-electron chi connectivity index (χ0n) is 11.3. The molecule has 1 aromatic carbocycles. The molecule has 0 fully saturated rings. The van der Waals surface area contributed by atoms with Crippen LogP contribution in [0.25, 0.3) is 0 Å². The molecule has 4 nitrogen and oxygen atoms in total. The van der Waals surface area contributed by atoms with Gasteiger partial charge in [-0.1, -0.05) is 6.07 Å². The van der Waals surface area contributed by atoms with Crippen LogP contribution in [0, 0.1) is 0 Å². The monoisotopic (exact) mass is 366 g/mol. The molecule has 0 spiro atoms. The van der Waals surface area contributed by atoms with E-state index in [2.05, 4.69) is 38.7 Å². The van der Waals surface area contributed by atoms with Gasteiger partial charge in [0.15, 0.2) is 6.61 Å². The van der Waals surface area contributed by atoms with Gasteiger partial charge in [0.05, 0.1) is 9.47 Å². The minimum absolute atomic E-state index is 0.0982. The van der Waals surface area contributed by atoms with E-state index in [1.807, 2.05) is 18.2 Å². The number of amides is 1. The summed E-state index contributed by atoms with van der Waals surface area (Å²) in [5.41, 5.74) is 1.89. The molecule has 6 heteroatoms. The smallest absolute Gasteiger partial charge is 0.262 e. The van der Waals surface area contributed by atoms with Gasteiger partial charge < -0.3 is 15.4 Å². The van der Waals surface area contributed by atoms with Crippen LogP contribution in [0.3, 0.4) is 0 Å². The molecule has 1 aliphatic heterocycles. The highest BCUT2D eigenvalue weighted by Gasteiger charge is 2.15. The maximum Gasteiger partial charge on any atom is 0.262 e. The van der Waals surface area contributed by atoms with Crippen molar-refractivity contribution in [2.24, 2.45) is 0 Å². The third-order valence-electron chi connectivity index (χ3n) is 3.18. The standard InChI is InChI=1S/C15H15BrN2O2S/c16-14-4-2-11(21-14)5-6-17-8-10-1-3-13-12(7-10)18-15(19)9-20-13/h1-4,7,17H,5-6,8-9H2,(H,18,19). The first-order chi connectivity index (χ1) is 10.2. The third kappa shape index (κ3) is 3.84. The Hall–Kier alpha value is -1.37. The number of carbonyl (C=O) groups excluding carboxylic acids is 1. The van der Waals surface area contributed by atoms with E-state index < -0.39 is 0 Å². The van der Waals surface area contributed by atoms with Crippen LogP contribution < -0.4 is 15.4 Å². The molecule has 0 radical (unpaired) electrons. The first kappa shape index (κ1) is 14.6. The van der Waals surface area contributed by atoms with Crippen LogP contribution in [0.15, 0.2) is 34.1 Å². The summed E-state index contributed by atoms with van der Waals surface area (Å²) in [5.74, 6) is 0.637. The summed E-state index contributed by atoms with van der Waals surface area (Å²) in [5, 5.41) is 6.24. The van der Waals surface area contributed by atoms with Crippen molar-refractivity contribution in [1.82, 2.24) is 5.32 Å². The fourth-order valence-electron chi connectivity index (χ4n) is 2.17. The van der Waals surface area contributed by atoms with Gasteiger partial charge in [0.1, 0.15) is 5.75 Å². The Labute approximate surface area is 135 Å². The number of rotatable bonds is 5. The number of halogens is 1. The molecule has 110 valence electrons. The summed E-state index contributed by atoms with van der Waals surface area (Å²) in [7, 11) is 0. The zero-order chi connectivity index (χ0) is 14.7. The van der Waals surface area contributed by atoms with Crippen LogP contribution in [0.4, 0.5) is 5.69 Å². The number of ether oxygens (including phenoxy) is 1. The predicted octanol–water partition coefficient (Wildman–Crippen LogP) is 3.17. The Morgan fingerprint density at radius 2 is 2.24 bits per heavy atom. The molecule has 0 aliphatic carbocycles. The number of hydrogen-bond acceptors (Lipinski definition) is 4. The van der Waals surface area contributed by atoms with Crippen molar-refractivity contribution in [1.29, 1.82) is 0 Å². The van der Waals surface area contributed by atoms with Gasteiger partial charge >= 0.3 is 0 Å². The Morgan fingerprint density at radius 3 is 3.05 bits per heavy atom. The molecule has 0 unspecified atom stereocenters. The summed E-state index contributed by atoms with van der Waals surface area (Å²) in [6.45, 7) is 1.80. The normalized spacial score (nSPS) is 13.5. The van der Waals surface area contributed by atoms with Gasteiger partial charge in [-0.25, -0.2) is 0 Å². The molecular weight excluding hydrogens is 352 g/mol. The second kappa shape index (κ2) is 6.60. The van der Waals surface area contributed by atoms with Crippen LogP contribution in [0.5, 0.6) is 5.75 Å². The van der Waals surface area contributed by atoms with Crippen molar-refractivity contribution in [2.75, 3.05) is 18.5 Å². The van der Waals surface area contributed by atoms with Crippen LogP contribution >= 0.6 is 27.3 Å². The minimum Gasteiger partial charge on any atom is -0.482 e. The molecule has 1 amide bonds.